The summed E-state index contributed by atoms with van der Waals surface area (Å²) < 4.78 is 50.5. The van der Waals surface area contributed by atoms with Crippen LogP contribution in [0.3, 0.4) is 0 Å². The fourth-order valence-electron chi connectivity index (χ4n) is 3.58. The first kappa shape index (κ1) is 24.4. The largest absolute Gasteiger partial charge is 0.504 e. The van der Waals surface area contributed by atoms with Gasteiger partial charge in [-0.2, -0.15) is 13.2 Å². The van der Waals surface area contributed by atoms with Gasteiger partial charge >= 0.3 is 12.1 Å². The van der Waals surface area contributed by atoms with Crippen molar-refractivity contribution in [3.63, 3.8) is 0 Å². The summed E-state index contributed by atoms with van der Waals surface area (Å²) in [4.78, 5) is 14.3. The molecule has 2 aromatic carbocycles. The first-order chi connectivity index (χ1) is 15.6. The number of phenolic OH excluding ortho intramolecular Hbond substituents is 1. The van der Waals surface area contributed by atoms with Crippen molar-refractivity contribution in [2.45, 2.75) is 33.0 Å². The summed E-state index contributed by atoms with van der Waals surface area (Å²) in [7, 11) is 0. The van der Waals surface area contributed by atoms with Crippen LogP contribution in [-0.4, -0.2) is 29.4 Å². The van der Waals surface area contributed by atoms with Gasteiger partial charge in [-0.3, -0.25) is 4.90 Å². The van der Waals surface area contributed by atoms with Crippen LogP contribution in [0.2, 0.25) is 0 Å². The maximum atomic E-state index is 13.3. The monoisotopic (exact) mass is 480 g/mol. The second-order valence-corrected chi connectivity index (χ2v) is 7.53. The molecular weight excluding hydrogens is 457 g/mol. The highest BCUT2D eigenvalue weighted by atomic mass is 32.1. The van der Waals surface area contributed by atoms with Gasteiger partial charge in [-0.1, -0.05) is 12.1 Å². The summed E-state index contributed by atoms with van der Waals surface area (Å²) in [5.74, 6) is -0.482. The van der Waals surface area contributed by atoms with Crippen LogP contribution in [-0.2, 0) is 15.7 Å². The van der Waals surface area contributed by atoms with Gasteiger partial charge < -0.3 is 19.9 Å². The van der Waals surface area contributed by atoms with Gasteiger partial charge in [0.2, 0.25) is 0 Å². The lowest BCUT2D eigenvalue weighted by atomic mass is 9.94. The number of thiocarbonyl (C=S) groups is 1. The van der Waals surface area contributed by atoms with Crippen LogP contribution >= 0.6 is 12.2 Å². The molecule has 1 unspecified atom stereocenters. The topological polar surface area (TPSA) is 71.0 Å². The van der Waals surface area contributed by atoms with Gasteiger partial charge in [-0.05, 0) is 68.9 Å². The molecule has 2 aromatic rings. The maximum Gasteiger partial charge on any atom is 0.416 e. The molecule has 176 valence electrons. The lowest BCUT2D eigenvalue weighted by Crippen LogP contribution is -2.48. The van der Waals surface area contributed by atoms with Crippen molar-refractivity contribution in [1.29, 1.82) is 0 Å². The van der Waals surface area contributed by atoms with Crippen molar-refractivity contribution in [2.75, 3.05) is 18.1 Å². The Hall–Kier alpha value is -3.27. The summed E-state index contributed by atoms with van der Waals surface area (Å²) >= 11 is 5.48. The van der Waals surface area contributed by atoms with Crippen LogP contribution in [0.15, 0.2) is 53.7 Å². The summed E-state index contributed by atoms with van der Waals surface area (Å²) in [5, 5.41) is 13.2. The molecule has 0 fully saturated rings. The molecule has 0 saturated heterocycles. The Morgan fingerprint density at radius 1 is 1.18 bits per heavy atom. The van der Waals surface area contributed by atoms with E-state index in [1.165, 1.54) is 23.1 Å². The van der Waals surface area contributed by atoms with E-state index in [-0.39, 0.29) is 34.5 Å². The molecule has 1 heterocycles. The molecule has 33 heavy (non-hydrogen) atoms. The van der Waals surface area contributed by atoms with Gasteiger partial charge in [0.05, 0.1) is 30.4 Å². The molecule has 3 rings (SSSR count). The molecule has 1 aliphatic rings. The van der Waals surface area contributed by atoms with E-state index in [4.69, 9.17) is 21.7 Å². The number of allylic oxidation sites excluding steroid dienone is 1. The quantitative estimate of drug-likeness (QED) is 0.441. The number of nitrogens with zero attached hydrogens (tertiary/aromatic N) is 1. The minimum Gasteiger partial charge on any atom is -0.504 e. The Kier molecular flexibility index (Phi) is 7.16. The summed E-state index contributed by atoms with van der Waals surface area (Å²) in [5.41, 5.74) is 0.379. The van der Waals surface area contributed by atoms with Gasteiger partial charge in [0.1, 0.15) is 0 Å². The normalized spacial score (nSPS) is 16.5. The fourth-order valence-corrected chi connectivity index (χ4v) is 3.94. The predicted molar refractivity (Wildman–Crippen MR) is 121 cm³/mol. The first-order valence-electron chi connectivity index (χ1n) is 10.2. The van der Waals surface area contributed by atoms with E-state index >= 15 is 0 Å². The SMILES string of the molecule is CCOC(=O)C1=C(C)N(c2cccc(C(F)(F)F)c2)C(=S)NC1c1ccc(O)c(OCC)c1. The first-order valence-corrected chi connectivity index (χ1v) is 10.6. The number of esters is 1. The van der Waals surface area contributed by atoms with Crippen LogP contribution in [0, 0.1) is 0 Å². The molecule has 6 nitrogen and oxygen atoms in total. The number of alkyl halides is 3. The van der Waals surface area contributed by atoms with E-state index in [9.17, 15) is 23.1 Å². The molecule has 2 N–H and O–H groups in total. The third-order valence-electron chi connectivity index (χ3n) is 5.03. The molecule has 0 saturated carbocycles. The maximum absolute atomic E-state index is 13.3. The summed E-state index contributed by atoms with van der Waals surface area (Å²) in [6.07, 6.45) is -4.54. The van der Waals surface area contributed by atoms with Gasteiger partial charge in [-0.15, -0.1) is 0 Å². The lowest BCUT2D eigenvalue weighted by molar-refractivity contribution is -0.139. The zero-order valence-corrected chi connectivity index (χ0v) is 19.0. The van der Waals surface area contributed by atoms with E-state index in [1.54, 1.807) is 32.9 Å². The van der Waals surface area contributed by atoms with Crippen molar-refractivity contribution in [1.82, 2.24) is 5.32 Å². The van der Waals surface area contributed by atoms with Crippen LogP contribution in [0.25, 0.3) is 0 Å². The van der Waals surface area contributed by atoms with Crippen LogP contribution in [0.1, 0.15) is 37.9 Å². The Balaban J connectivity index is 2.14. The summed E-state index contributed by atoms with van der Waals surface area (Å²) in [6, 6.07) is 8.52. The molecule has 0 aromatic heterocycles. The van der Waals surface area contributed by atoms with E-state index in [0.717, 1.165) is 12.1 Å². The third kappa shape index (κ3) is 5.05. The third-order valence-corrected chi connectivity index (χ3v) is 5.33. The van der Waals surface area contributed by atoms with Crippen molar-refractivity contribution in [2.24, 2.45) is 0 Å². The number of nitrogens with one attached hydrogen (secondary N) is 1. The lowest BCUT2D eigenvalue weighted by Gasteiger charge is -2.37. The molecule has 1 aliphatic heterocycles. The van der Waals surface area contributed by atoms with Gasteiger partial charge in [-0.25, -0.2) is 4.79 Å². The van der Waals surface area contributed by atoms with Crippen molar-refractivity contribution in [3.8, 4) is 11.5 Å². The number of carbonyl (C=O) groups excluding carboxylic acids is 1. The second kappa shape index (κ2) is 9.70. The molecule has 0 radical (unpaired) electrons. The van der Waals surface area contributed by atoms with Gasteiger partial charge in [0, 0.05) is 11.4 Å². The molecule has 0 aliphatic carbocycles. The fraction of sp³-hybridized carbons (Fsp3) is 0.304. The molecule has 0 amide bonds. The number of aromatic hydroxyl groups is 1. The second-order valence-electron chi connectivity index (χ2n) is 7.15. The van der Waals surface area contributed by atoms with E-state index < -0.39 is 23.8 Å². The van der Waals surface area contributed by atoms with Crippen LogP contribution in [0.4, 0.5) is 18.9 Å². The number of ether oxygens (including phenoxy) is 2. The van der Waals surface area contributed by atoms with Crippen molar-refractivity contribution < 1.29 is 32.5 Å². The smallest absolute Gasteiger partial charge is 0.416 e. The Morgan fingerprint density at radius 3 is 2.55 bits per heavy atom. The minimum absolute atomic E-state index is 0.0667. The number of hydrogen-bond acceptors (Lipinski definition) is 5. The number of benzene rings is 2. The zero-order valence-electron chi connectivity index (χ0n) is 18.2. The van der Waals surface area contributed by atoms with E-state index in [2.05, 4.69) is 5.32 Å². The molecular formula is C23H23F3N2O4S. The molecule has 1 atom stereocenters. The van der Waals surface area contributed by atoms with Crippen LogP contribution in [0.5, 0.6) is 11.5 Å². The standard InChI is InChI=1S/C23H23F3N2O4S/c1-4-31-18-11-14(9-10-17(18)29)20-19(21(30)32-5-2)13(3)28(22(33)27-20)16-8-6-7-15(12-16)23(24,25)26/h6-12,20,29H,4-5H2,1-3H3,(H,27,33). The highest BCUT2D eigenvalue weighted by molar-refractivity contribution is 7.80. The van der Waals surface area contributed by atoms with E-state index in [1.807, 2.05) is 0 Å². The minimum atomic E-state index is -4.54. The highest BCUT2D eigenvalue weighted by Gasteiger charge is 2.37. The Morgan fingerprint density at radius 2 is 1.91 bits per heavy atom. The average molecular weight is 481 g/mol. The molecule has 0 spiro atoms. The number of phenols is 1. The number of hydrogen-bond donors (Lipinski definition) is 2. The number of anilines is 1. The average Bonchev–Trinajstić information content (AvgIpc) is 2.75. The number of rotatable bonds is 6. The zero-order chi connectivity index (χ0) is 24.3. The highest BCUT2D eigenvalue weighted by Crippen LogP contribution is 2.38. The van der Waals surface area contributed by atoms with Crippen molar-refractivity contribution >= 4 is 29.0 Å². The Labute approximate surface area is 194 Å². The van der Waals surface area contributed by atoms with Gasteiger partial charge in [0.25, 0.3) is 0 Å². The van der Waals surface area contributed by atoms with Crippen LogP contribution < -0.4 is 15.0 Å². The van der Waals surface area contributed by atoms with Crippen molar-refractivity contribution in [3.05, 3.63) is 64.9 Å². The number of halogens is 3. The van der Waals surface area contributed by atoms with E-state index in [0.29, 0.717) is 17.9 Å². The Bertz CT molecular complexity index is 1100. The number of carbonyl (C=O) groups is 1. The summed E-state index contributed by atoms with van der Waals surface area (Å²) in [6.45, 7) is 5.44. The predicted octanol–water partition coefficient (Wildman–Crippen LogP) is 5.08. The molecule has 10 heteroatoms. The molecule has 0 bridgehead atoms. The van der Waals surface area contributed by atoms with Gasteiger partial charge in [0.15, 0.2) is 16.6 Å².